The second kappa shape index (κ2) is 9.77. The maximum Gasteiger partial charge on any atom is 0.273 e. The highest BCUT2D eigenvalue weighted by Crippen LogP contribution is 2.29. The molecule has 2 aliphatic rings. The molecule has 184 valence electrons. The van der Waals surface area contributed by atoms with E-state index >= 15 is 0 Å². The summed E-state index contributed by atoms with van der Waals surface area (Å²) in [5.74, 6) is -0.322. The van der Waals surface area contributed by atoms with Crippen LogP contribution in [0.2, 0.25) is 0 Å². The zero-order valence-electron chi connectivity index (χ0n) is 20.0. The molecule has 1 aliphatic carbocycles. The number of carbonyl (C=O) groups is 2. The molecule has 1 fully saturated rings. The minimum atomic E-state index is -0.283. The van der Waals surface area contributed by atoms with Crippen molar-refractivity contribution < 1.29 is 9.59 Å². The second-order valence-electron chi connectivity index (χ2n) is 9.66. The van der Waals surface area contributed by atoms with Gasteiger partial charge in [-0.1, -0.05) is 17.4 Å². The Labute approximate surface area is 207 Å². The largest absolute Gasteiger partial charge is 0.354 e. The molecule has 2 amide bonds. The normalized spacial score (nSPS) is 17.6. The van der Waals surface area contributed by atoms with Gasteiger partial charge in [-0.05, 0) is 69.2 Å². The molecule has 5 rings (SSSR count). The minimum absolute atomic E-state index is 0.0562. The number of carbonyl (C=O) groups excluding carboxylic acids is 2. The van der Waals surface area contributed by atoms with Crippen LogP contribution in [-0.2, 0) is 29.0 Å². The van der Waals surface area contributed by atoms with E-state index in [2.05, 4.69) is 31.6 Å². The van der Waals surface area contributed by atoms with E-state index in [1.165, 1.54) is 33.4 Å². The Kier molecular flexibility index (Phi) is 6.55. The number of anilines is 2. The van der Waals surface area contributed by atoms with E-state index in [0.717, 1.165) is 44.3 Å². The molecule has 35 heavy (non-hydrogen) atoms. The number of aromatic nitrogens is 3. The van der Waals surface area contributed by atoms with Gasteiger partial charge in [0.2, 0.25) is 11.8 Å². The number of amides is 2. The van der Waals surface area contributed by atoms with Crippen LogP contribution in [0, 0.1) is 5.92 Å². The van der Waals surface area contributed by atoms with E-state index in [1.54, 1.807) is 0 Å². The van der Waals surface area contributed by atoms with Crippen LogP contribution in [-0.4, -0.2) is 45.5 Å². The van der Waals surface area contributed by atoms with Crippen LogP contribution >= 0.6 is 11.3 Å². The van der Waals surface area contributed by atoms with Gasteiger partial charge in [-0.15, -0.1) is 0 Å². The molecule has 1 aromatic carbocycles. The molecule has 0 radical (unpaired) electrons. The summed E-state index contributed by atoms with van der Waals surface area (Å²) in [6.45, 7) is 5.13. The smallest absolute Gasteiger partial charge is 0.273 e. The number of hydrogen-bond acceptors (Lipinski definition) is 7. The van der Waals surface area contributed by atoms with E-state index in [-0.39, 0.29) is 35.9 Å². The summed E-state index contributed by atoms with van der Waals surface area (Å²) in [4.78, 5) is 49.2. The van der Waals surface area contributed by atoms with E-state index < -0.39 is 0 Å². The van der Waals surface area contributed by atoms with Crippen LogP contribution in [0.1, 0.15) is 44.2 Å². The lowest BCUT2D eigenvalue weighted by Crippen LogP contribution is -2.44. The maximum absolute atomic E-state index is 13.1. The third kappa shape index (κ3) is 5.07. The van der Waals surface area contributed by atoms with E-state index in [9.17, 15) is 14.4 Å². The van der Waals surface area contributed by atoms with Gasteiger partial charge in [-0.3, -0.25) is 19.0 Å². The van der Waals surface area contributed by atoms with Crippen molar-refractivity contribution >= 4 is 44.3 Å². The molecule has 0 spiro atoms. The second-order valence-corrected chi connectivity index (χ2v) is 10.6. The first-order chi connectivity index (χ1) is 16.9. The zero-order valence-corrected chi connectivity index (χ0v) is 20.9. The molecule has 0 bridgehead atoms. The van der Waals surface area contributed by atoms with Crippen molar-refractivity contribution in [3.63, 3.8) is 0 Å². The quantitative estimate of drug-likeness (QED) is 0.545. The molecule has 10 heteroatoms. The van der Waals surface area contributed by atoms with E-state index in [0.29, 0.717) is 22.0 Å². The van der Waals surface area contributed by atoms with Crippen molar-refractivity contribution in [2.75, 3.05) is 23.3 Å². The summed E-state index contributed by atoms with van der Waals surface area (Å²) < 4.78 is 1.74. The third-order valence-electron chi connectivity index (χ3n) is 6.56. The molecule has 2 N–H and O–H groups in total. The lowest BCUT2D eigenvalue weighted by atomic mass is 9.97. The standard InChI is InChI=1S/C25H30N6O3S/c1-15(2)27-23(33)18-7-4-10-30(12-18)25-29-22-21(35-25)24(34)31(14-26-22)13-20(32)28-19-9-8-16-5-3-6-17(16)11-19/h8-9,11,14-15,18H,3-7,10,12-13H2,1-2H3,(H,27,33)(H,28,32)/t18-/m1/s1. The third-order valence-corrected chi connectivity index (χ3v) is 7.66. The Bertz CT molecular complexity index is 1330. The molecule has 9 nitrogen and oxygen atoms in total. The molecule has 1 saturated heterocycles. The molecule has 1 atom stereocenters. The molecule has 3 heterocycles. The number of hydrogen-bond donors (Lipinski definition) is 2. The van der Waals surface area contributed by atoms with Crippen molar-refractivity contribution in [3.05, 3.63) is 46.0 Å². The number of benzene rings is 1. The maximum atomic E-state index is 13.1. The monoisotopic (exact) mass is 494 g/mol. The first-order valence-electron chi connectivity index (χ1n) is 12.2. The molecule has 0 saturated carbocycles. The summed E-state index contributed by atoms with van der Waals surface area (Å²) >= 11 is 1.27. The van der Waals surface area contributed by atoms with Crippen molar-refractivity contribution in [2.45, 2.75) is 58.5 Å². The van der Waals surface area contributed by atoms with Gasteiger partial charge < -0.3 is 15.5 Å². The number of nitrogens with one attached hydrogen (secondary N) is 2. The lowest BCUT2D eigenvalue weighted by Gasteiger charge is -2.32. The lowest BCUT2D eigenvalue weighted by molar-refractivity contribution is -0.125. The van der Waals surface area contributed by atoms with Crippen LogP contribution < -0.4 is 21.1 Å². The highest BCUT2D eigenvalue weighted by molar-refractivity contribution is 7.22. The Morgan fingerprint density at radius 1 is 1.20 bits per heavy atom. The Morgan fingerprint density at radius 3 is 2.86 bits per heavy atom. The van der Waals surface area contributed by atoms with Crippen LogP contribution in [0.25, 0.3) is 10.3 Å². The van der Waals surface area contributed by atoms with E-state index in [1.807, 2.05) is 26.0 Å². The first-order valence-corrected chi connectivity index (χ1v) is 13.0. The molecule has 3 aromatic rings. The number of rotatable bonds is 6. The van der Waals surface area contributed by atoms with Gasteiger partial charge in [0.25, 0.3) is 5.56 Å². The van der Waals surface area contributed by atoms with Crippen LogP contribution in [0.5, 0.6) is 0 Å². The molecule has 2 aromatic heterocycles. The topological polar surface area (TPSA) is 109 Å². The van der Waals surface area contributed by atoms with Gasteiger partial charge in [-0.2, -0.15) is 4.98 Å². The summed E-state index contributed by atoms with van der Waals surface area (Å²) in [5, 5.41) is 6.57. The fraction of sp³-hybridized carbons (Fsp3) is 0.480. The first kappa shape index (κ1) is 23.5. The SMILES string of the molecule is CC(C)NC(=O)[C@@H]1CCCN(c2nc3ncn(CC(=O)Nc4ccc5c(c4)CCC5)c(=O)c3s2)C1. The molecule has 0 unspecified atom stereocenters. The average Bonchev–Trinajstić information content (AvgIpc) is 3.48. The predicted octanol–water partition coefficient (Wildman–Crippen LogP) is 2.72. The highest BCUT2D eigenvalue weighted by Gasteiger charge is 2.28. The van der Waals surface area contributed by atoms with E-state index in [4.69, 9.17) is 0 Å². The molecular weight excluding hydrogens is 464 g/mol. The fourth-order valence-electron chi connectivity index (χ4n) is 4.86. The molecular formula is C25H30N6O3S. The fourth-order valence-corrected chi connectivity index (χ4v) is 5.86. The Balaban J connectivity index is 1.29. The summed E-state index contributed by atoms with van der Waals surface area (Å²) in [6.07, 6.45) is 6.37. The number of thiazole rings is 1. The van der Waals surface area contributed by atoms with Crippen molar-refractivity contribution in [1.82, 2.24) is 19.9 Å². The number of nitrogens with zero attached hydrogens (tertiary/aromatic N) is 4. The van der Waals surface area contributed by atoms with Gasteiger partial charge >= 0.3 is 0 Å². The predicted molar refractivity (Wildman–Crippen MR) is 137 cm³/mol. The van der Waals surface area contributed by atoms with Gasteiger partial charge in [0.1, 0.15) is 17.6 Å². The number of fused-ring (bicyclic) bond motifs is 2. The van der Waals surface area contributed by atoms with Crippen LogP contribution in [0.15, 0.2) is 29.3 Å². The summed E-state index contributed by atoms with van der Waals surface area (Å²) in [7, 11) is 0. The number of piperidine rings is 1. The zero-order chi connectivity index (χ0) is 24.5. The highest BCUT2D eigenvalue weighted by atomic mass is 32.1. The minimum Gasteiger partial charge on any atom is -0.354 e. The van der Waals surface area contributed by atoms with Gasteiger partial charge in [0.05, 0.1) is 5.92 Å². The van der Waals surface area contributed by atoms with Gasteiger partial charge in [-0.25, -0.2) is 4.98 Å². The van der Waals surface area contributed by atoms with Crippen molar-refractivity contribution in [3.8, 4) is 0 Å². The van der Waals surface area contributed by atoms with Gasteiger partial charge in [0.15, 0.2) is 10.8 Å². The van der Waals surface area contributed by atoms with Crippen LogP contribution in [0.4, 0.5) is 10.8 Å². The van der Waals surface area contributed by atoms with Crippen LogP contribution in [0.3, 0.4) is 0 Å². The Morgan fingerprint density at radius 2 is 2.03 bits per heavy atom. The molecule has 1 aliphatic heterocycles. The van der Waals surface area contributed by atoms with Gasteiger partial charge in [0, 0.05) is 24.8 Å². The summed E-state index contributed by atoms with van der Waals surface area (Å²) in [5.41, 5.74) is 3.46. The Hall–Kier alpha value is -3.27. The van der Waals surface area contributed by atoms with Crippen molar-refractivity contribution in [2.24, 2.45) is 5.92 Å². The number of aryl methyl sites for hydroxylation is 2. The summed E-state index contributed by atoms with van der Waals surface area (Å²) in [6, 6.07) is 6.10. The average molecular weight is 495 g/mol. The van der Waals surface area contributed by atoms with Crippen molar-refractivity contribution in [1.29, 1.82) is 0 Å².